The molecule has 180 valence electrons. The summed E-state index contributed by atoms with van der Waals surface area (Å²) >= 11 is 0. The number of allylic oxidation sites excluding steroid dienone is 3. The first-order valence-corrected chi connectivity index (χ1v) is 13.7. The summed E-state index contributed by atoms with van der Waals surface area (Å²) < 4.78 is 14.8. The van der Waals surface area contributed by atoms with Crippen LogP contribution in [0, 0.1) is 39.9 Å². The first kappa shape index (κ1) is 21.2. The Morgan fingerprint density at radius 2 is 1.82 bits per heavy atom. The molecule has 7 rings (SSSR count). The molecule has 5 aliphatic carbocycles. The maximum atomic E-state index is 14.8. The lowest BCUT2D eigenvalue weighted by Gasteiger charge is -2.60. The van der Waals surface area contributed by atoms with E-state index in [1.807, 2.05) is 0 Å². The lowest BCUT2D eigenvalue weighted by atomic mass is 9.42. The highest BCUT2D eigenvalue weighted by Crippen LogP contribution is 2.86. The number of carbonyl (C=O) groups is 1. The minimum absolute atomic E-state index is 0.111. The zero-order chi connectivity index (χ0) is 23.4. The molecule has 0 aromatic heterocycles. The Morgan fingerprint density at radius 3 is 2.55 bits per heavy atom. The number of Topliss-reactive ketones (excluding diaryl/α,β-unsaturated/α-hetero) is 1. The van der Waals surface area contributed by atoms with Crippen LogP contribution in [0.3, 0.4) is 0 Å². The highest BCUT2D eigenvalue weighted by Gasteiger charge is 2.90. The van der Waals surface area contributed by atoms with Gasteiger partial charge in [0.1, 0.15) is 17.0 Å². The summed E-state index contributed by atoms with van der Waals surface area (Å²) in [5, 5.41) is 0. The molecule has 2 saturated heterocycles. The Morgan fingerprint density at radius 1 is 1.06 bits per heavy atom. The van der Waals surface area contributed by atoms with Gasteiger partial charge in [0.05, 0.1) is 5.60 Å². The summed E-state index contributed by atoms with van der Waals surface area (Å²) in [6.45, 7) is 16.2. The summed E-state index contributed by atoms with van der Waals surface area (Å²) in [5.74, 6) is 2.84. The molecule has 3 unspecified atom stereocenters. The molecule has 5 fully saturated rings. The van der Waals surface area contributed by atoms with Crippen molar-refractivity contribution in [2.45, 2.75) is 117 Å². The first-order chi connectivity index (χ1) is 15.4. The standard InChI is InChI=1S/C30H42O3/c1-17(2)22-23(31)27-13-9-18(3)19-15-21-26(6,7)32-24(22)30(21)29(19,27)16-28(33-30)12-8-11-25(4,5)20(28)10-14-27/h9,17,19-21H,8,10-16H2,1-7H3/t19?,20?,21-,27?,28+,29+,30+/m1/s1. The van der Waals surface area contributed by atoms with Crippen LogP contribution in [0.2, 0.25) is 0 Å². The Labute approximate surface area is 199 Å². The lowest BCUT2D eigenvalue weighted by Crippen LogP contribution is -2.65. The predicted octanol–water partition coefficient (Wildman–Crippen LogP) is 6.76. The van der Waals surface area contributed by atoms with E-state index in [1.165, 1.54) is 18.4 Å². The molecule has 2 heterocycles. The van der Waals surface area contributed by atoms with Crippen molar-refractivity contribution in [3.8, 4) is 0 Å². The molecule has 0 N–H and O–H groups in total. The zero-order valence-corrected chi connectivity index (χ0v) is 21.8. The van der Waals surface area contributed by atoms with E-state index >= 15 is 0 Å². The second-order valence-electron chi connectivity index (χ2n) is 14.5. The number of carbonyl (C=O) groups excluding carboxylic acids is 1. The second kappa shape index (κ2) is 5.66. The minimum atomic E-state index is -0.420. The fraction of sp³-hybridized carbons (Fsp3) is 0.833. The van der Waals surface area contributed by atoms with Crippen molar-refractivity contribution in [1.82, 2.24) is 0 Å². The van der Waals surface area contributed by atoms with Gasteiger partial charge >= 0.3 is 0 Å². The van der Waals surface area contributed by atoms with E-state index in [2.05, 4.69) is 54.5 Å². The summed E-state index contributed by atoms with van der Waals surface area (Å²) in [7, 11) is 0. The molecule has 33 heavy (non-hydrogen) atoms. The van der Waals surface area contributed by atoms with Gasteiger partial charge in [-0.3, -0.25) is 4.79 Å². The quantitative estimate of drug-likeness (QED) is 0.414. The van der Waals surface area contributed by atoms with Crippen LogP contribution in [0.25, 0.3) is 0 Å². The summed E-state index contributed by atoms with van der Waals surface area (Å²) in [4.78, 5) is 14.8. The van der Waals surface area contributed by atoms with E-state index in [1.54, 1.807) is 0 Å². The topological polar surface area (TPSA) is 35.5 Å². The third kappa shape index (κ3) is 1.92. The van der Waals surface area contributed by atoms with Crippen LogP contribution >= 0.6 is 0 Å². The molecule has 7 aliphatic rings. The molecule has 3 spiro atoms. The van der Waals surface area contributed by atoms with Crippen LogP contribution < -0.4 is 0 Å². The summed E-state index contributed by atoms with van der Waals surface area (Å²) in [6, 6.07) is 0. The molecule has 2 aliphatic heterocycles. The summed E-state index contributed by atoms with van der Waals surface area (Å²) in [5.41, 5.74) is 1.45. The third-order valence-corrected chi connectivity index (χ3v) is 12.2. The normalized spacial score (nSPS) is 52.3. The van der Waals surface area contributed by atoms with Gasteiger partial charge in [0, 0.05) is 22.3 Å². The van der Waals surface area contributed by atoms with Crippen molar-refractivity contribution < 1.29 is 14.3 Å². The fourth-order valence-electron chi connectivity index (χ4n) is 11.3. The van der Waals surface area contributed by atoms with Crippen molar-refractivity contribution in [1.29, 1.82) is 0 Å². The molecule has 3 nitrogen and oxygen atoms in total. The molecule has 7 atom stereocenters. The van der Waals surface area contributed by atoms with Crippen molar-refractivity contribution >= 4 is 5.78 Å². The molecule has 3 heteroatoms. The van der Waals surface area contributed by atoms with Crippen molar-refractivity contribution in [3.05, 3.63) is 23.0 Å². The number of hydrogen-bond donors (Lipinski definition) is 0. The van der Waals surface area contributed by atoms with Gasteiger partial charge < -0.3 is 9.47 Å². The average molecular weight is 451 g/mol. The summed E-state index contributed by atoms with van der Waals surface area (Å²) in [6.07, 6.45) is 11.4. The van der Waals surface area contributed by atoms with E-state index in [0.717, 1.165) is 49.9 Å². The predicted molar refractivity (Wildman–Crippen MR) is 128 cm³/mol. The van der Waals surface area contributed by atoms with Gasteiger partial charge in [-0.25, -0.2) is 0 Å². The van der Waals surface area contributed by atoms with Gasteiger partial charge in [-0.2, -0.15) is 0 Å². The first-order valence-electron chi connectivity index (χ1n) is 13.7. The average Bonchev–Trinajstić information content (AvgIpc) is 3.18. The molecule has 0 aromatic rings. The third-order valence-electron chi connectivity index (χ3n) is 12.2. The van der Waals surface area contributed by atoms with E-state index in [4.69, 9.17) is 9.47 Å². The molecular formula is C30H42O3. The van der Waals surface area contributed by atoms with Gasteiger partial charge in [-0.15, -0.1) is 0 Å². The van der Waals surface area contributed by atoms with Crippen LogP contribution in [-0.4, -0.2) is 22.6 Å². The Hall–Kier alpha value is -1.09. The Balaban J connectivity index is 1.61. The molecule has 0 radical (unpaired) electrons. The largest absolute Gasteiger partial charge is 0.488 e. The monoisotopic (exact) mass is 450 g/mol. The molecule has 0 aromatic carbocycles. The molecule has 0 amide bonds. The van der Waals surface area contributed by atoms with Gasteiger partial charge in [-0.1, -0.05) is 45.8 Å². The highest BCUT2D eigenvalue weighted by atomic mass is 16.6. The smallest absolute Gasteiger partial charge is 0.169 e. The van der Waals surface area contributed by atoms with Crippen molar-refractivity contribution in [2.75, 3.05) is 0 Å². The van der Waals surface area contributed by atoms with Crippen LogP contribution in [0.4, 0.5) is 0 Å². The van der Waals surface area contributed by atoms with Gasteiger partial charge in [0.2, 0.25) is 0 Å². The zero-order valence-electron chi connectivity index (χ0n) is 21.8. The van der Waals surface area contributed by atoms with E-state index in [0.29, 0.717) is 23.5 Å². The Kier molecular flexibility index (Phi) is 3.64. The molecular weight excluding hydrogens is 408 g/mol. The second-order valence-corrected chi connectivity index (χ2v) is 14.5. The Bertz CT molecular complexity index is 1040. The van der Waals surface area contributed by atoms with E-state index < -0.39 is 5.60 Å². The minimum Gasteiger partial charge on any atom is -0.488 e. The van der Waals surface area contributed by atoms with Crippen molar-refractivity contribution in [2.24, 2.45) is 39.9 Å². The van der Waals surface area contributed by atoms with Crippen LogP contribution in [-0.2, 0) is 14.3 Å². The maximum Gasteiger partial charge on any atom is 0.169 e. The molecule has 2 bridgehead atoms. The maximum absolute atomic E-state index is 14.8. The van der Waals surface area contributed by atoms with E-state index in [-0.39, 0.29) is 33.4 Å². The van der Waals surface area contributed by atoms with Gasteiger partial charge in [0.25, 0.3) is 0 Å². The van der Waals surface area contributed by atoms with Crippen LogP contribution in [0.15, 0.2) is 23.0 Å². The highest BCUT2D eigenvalue weighted by molar-refractivity contribution is 6.04. The van der Waals surface area contributed by atoms with Crippen molar-refractivity contribution in [3.63, 3.8) is 0 Å². The van der Waals surface area contributed by atoms with Gasteiger partial charge in [0.15, 0.2) is 5.78 Å². The molecule has 3 saturated carbocycles. The van der Waals surface area contributed by atoms with Gasteiger partial charge in [-0.05, 0) is 88.9 Å². The van der Waals surface area contributed by atoms with E-state index in [9.17, 15) is 4.79 Å². The number of ether oxygens (including phenoxy) is 2. The van der Waals surface area contributed by atoms with Crippen LogP contribution in [0.1, 0.15) is 99.8 Å². The number of rotatable bonds is 1. The lowest BCUT2D eigenvalue weighted by molar-refractivity contribution is -0.207. The SMILES string of the molecule is CC1=CCC23CCC4C(C)(C)CCC[C@]45C[C@]24C1C[C@@H]1C(C)(C)OC(=C(C(C)C)C3=O)[C@@]14O5. The number of ketones is 1. The fourth-order valence-corrected chi connectivity index (χ4v) is 11.3. The number of hydrogen-bond acceptors (Lipinski definition) is 3. The van der Waals surface area contributed by atoms with Crippen LogP contribution in [0.5, 0.6) is 0 Å².